The Labute approximate surface area is 146 Å². The summed E-state index contributed by atoms with van der Waals surface area (Å²) in [6.45, 7) is 7.32. The molecule has 1 fully saturated rings. The lowest BCUT2D eigenvalue weighted by Crippen LogP contribution is -3.14. The first-order valence-corrected chi connectivity index (χ1v) is 8.42. The van der Waals surface area contributed by atoms with Crippen LogP contribution in [0.25, 0.3) is 0 Å². The molecule has 0 aromatic heterocycles. The van der Waals surface area contributed by atoms with Crippen LogP contribution in [0.5, 0.6) is 0 Å². The number of rotatable bonds is 6. The van der Waals surface area contributed by atoms with Gasteiger partial charge in [0.15, 0.2) is 16.7 Å². The highest BCUT2D eigenvalue weighted by Gasteiger charge is 2.12. The standard InChI is InChI=1S/C16H22F2N4OS/c1-12(13-3-4-14(17)15(18)11-13)20-21-16(24)19-5-2-6-22-7-9-23-10-8-22/h3-4,11H,2,5-10H2,1H3,(H2,19,21,24)/p+1/b20-12-. The van der Waals surface area contributed by atoms with Crippen LogP contribution in [-0.4, -0.2) is 50.2 Å². The largest absolute Gasteiger partial charge is 0.370 e. The predicted octanol–water partition coefficient (Wildman–Crippen LogP) is 0.458. The Balaban J connectivity index is 1.68. The molecule has 5 nitrogen and oxygen atoms in total. The number of ether oxygens (including phenoxy) is 1. The van der Waals surface area contributed by atoms with E-state index >= 15 is 0 Å². The smallest absolute Gasteiger partial charge is 0.186 e. The van der Waals surface area contributed by atoms with Gasteiger partial charge in [-0.25, -0.2) is 8.78 Å². The fourth-order valence-electron chi connectivity index (χ4n) is 2.41. The maximum absolute atomic E-state index is 13.2. The fraction of sp³-hybridized carbons (Fsp3) is 0.500. The van der Waals surface area contributed by atoms with Gasteiger partial charge in [0, 0.05) is 18.5 Å². The Kier molecular flexibility index (Phi) is 7.48. The van der Waals surface area contributed by atoms with Crippen molar-refractivity contribution in [2.24, 2.45) is 5.10 Å². The van der Waals surface area contributed by atoms with E-state index in [1.165, 1.54) is 6.07 Å². The minimum Gasteiger partial charge on any atom is -0.370 e. The van der Waals surface area contributed by atoms with E-state index in [-0.39, 0.29) is 0 Å². The number of quaternary nitrogens is 1. The summed E-state index contributed by atoms with van der Waals surface area (Å²) in [6, 6.07) is 3.66. The van der Waals surface area contributed by atoms with E-state index in [1.807, 2.05) is 0 Å². The van der Waals surface area contributed by atoms with E-state index < -0.39 is 11.6 Å². The monoisotopic (exact) mass is 357 g/mol. The minimum atomic E-state index is -0.895. The van der Waals surface area contributed by atoms with Gasteiger partial charge in [-0.3, -0.25) is 5.43 Å². The normalized spacial score (nSPS) is 16.0. The molecule has 1 heterocycles. The molecule has 0 radical (unpaired) electrons. The number of morpholine rings is 1. The highest BCUT2D eigenvalue weighted by molar-refractivity contribution is 7.80. The molecule has 1 aliphatic heterocycles. The average Bonchev–Trinajstić information content (AvgIpc) is 2.60. The van der Waals surface area contributed by atoms with Crippen molar-refractivity contribution in [3.8, 4) is 0 Å². The Morgan fingerprint density at radius 2 is 2.04 bits per heavy atom. The zero-order valence-electron chi connectivity index (χ0n) is 13.7. The first-order valence-electron chi connectivity index (χ1n) is 8.01. The van der Waals surface area contributed by atoms with Gasteiger partial charge in [0.25, 0.3) is 0 Å². The maximum Gasteiger partial charge on any atom is 0.186 e. The van der Waals surface area contributed by atoms with Gasteiger partial charge in [0.2, 0.25) is 0 Å². The summed E-state index contributed by atoms with van der Waals surface area (Å²) in [7, 11) is 0. The third kappa shape index (κ3) is 6.10. The summed E-state index contributed by atoms with van der Waals surface area (Å²) < 4.78 is 31.4. The molecular weight excluding hydrogens is 334 g/mol. The van der Waals surface area contributed by atoms with Gasteiger partial charge >= 0.3 is 0 Å². The van der Waals surface area contributed by atoms with Crippen LogP contribution < -0.4 is 15.6 Å². The molecule has 8 heteroatoms. The lowest BCUT2D eigenvalue weighted by atomic mass is 10.1. The van der Waals surface area contributed by atoms with Crippen molar-refractivity contribution in [3.05, 3.63) is 35.4 Å². The summed E-state index contributed by atoms with van der Waals surface area (Å²) in [5.74, 6) is -1.77. The number of nitrogens with one attached hydrogen (secondary N) is 3. The fourth-order valence-corrected chi connectivity index (χ4v) is 2.56. The third-order valence-corrected chi connectivity index (χ3v) is 4.09. The SMILES string of the molecule is C/C(=N/NC(=S)NCCC[NH+]1CCOCC1)c1ccc(F)c(F)c1. The molecule has 1 aliphatic rings. The summed E-state index contributed by atoms with van der Waals surface area (Å²) in [6.07, 6.45) is 1.00. The molecule has 0 unspecified atom stereocenters. The van der Waals surface area contributed by atoms with E-state index in [1.54, 1.807) is 11.8 Å². The van der Waals surface area contributed by atoms with E-state index in [2.05, 4.69) is 15.8 Å². The van der Waals surface area contributed by atoms with Crippen LogP contribution in [0.15, 0.2) is 23.3 Å². The van der Waals surface area contributed by atoms with E-state index in [4.69, 9.17) is 17.0 Å². The molecule has 3 N–H and O–H groups in total. The first-order chi connectivity index (χ1) is 11.6. The Hall–Kier alpha value is -1.64. The maximum atomic E-state index is 13.2. The second kappa shape index (κ2) is 9.61. The molecule has 1 aromatic carbocycles. The number of nitrogens with zero attached hydrogens (tertiary/aromatic N) is 1. The van der Waals surface area contributed by atoms with Crippen LogP contribution in [0.2, 0.25) is 0 Å². The Morgan fingerprint density at radius 3 is 2.75 bits per heavy atom. The second-order valence-electron chi connectivity index (χ2n) is 5.66. The van der Waals surface area contributed by atoms with Crippen molar-refractivity contribution >= 4 is 23.0 Å². The highest BCUT2D eigenvalue weighted by Crippen LogP contribution is 2.09. The van der Waals surface area contributed by atoms with Gasteiger partial charge in [-0.05, 0) is 37.3 Å². The van der Waals surface area contributed by atoms with Crippen molar-refractivity contribution in [1.82, 2.24) is 10.7 Å². The molecule has 0 bridgehead atoms. The molecule has 0 atom stereocenters. The summed E-state index contributed by atoms with van der Waals surface area (Å²) in [5.41, 5.74) is 3.74. The third-order valence-electron chi connectivity index (χ3n) is 3.86. The van der Waals surface area contributed by atoms with Crippen LogP contribution in [-0.2, 0) is 4.74 Å². The summed E-state index contributed by atoms with van der Waals surface area (Å²) in [5, 5.41) is 7.58. The lowest BCUT2D eigenvalue weighted by molar-refractivity contribution is -0.908. The molecule has 0 spiro atoms. The first kappa shape index (κ1) is 18.7. The molecule has 2 rings (SSSR count). The van der Waals surface area contributed by atoms with E-state index in [0.717, 1.165) is 57.9 Å². The predicted molar refractivity (Wildman–Crippen MR) is 93.3 cm³/mol. The van der Waals surface area contributed by atoms with Crippen molar-refractivity contribution in [2.75, 3.05) is 39.4 Å². The molecule has 132 valence electrons. The molecule has 0 amide bonds. The number of thiocarbonyl (C=S) groups is 1. The summed E-state index contributed by atoms with van der Waals surface area (Å²) >= 11 is 5.15. The second-order valence-corrected chi connectivity index (χ2v) is 6.07. The molecule has 24 heavy (non-hydrogen) atoms. The number of benzene rings is 1. The average molecular weight is 357 g/mol. The van der Waals surface area contributed by atoms with E-state index in [9.17, 15) is 8.78 Å². The van der Waals surface area contributed by atoms with Crippen LogP contribution in [0.3, 0.4) is 0 Å². The summed E-state index contributed by atoms with van der Waals surface area (Å²) in [4.78, 5) is 1.55. The van der Waals surface area contributed by atoms with Crippen LogP contribution in [0.1, 0.15) is 18.9 Å². The van der Waals surface area contributed by atoms with Gasteiger partial charge < -0.3 is 15.0 Å². The Morgan fingerprint density at radius 1 is 1.29 bits per heavy atom. The van der Waals surface area contributed by atoms with Crippen molar-refractivity contribution < 1.29 is 18.4 Å². The number of hydrogen-bond donors (Lipinski definition) is 3. The molecule has 0 saturated carbocycles. The van der Waals surface area contributed by atoms with Gasteiger partial charge in [-0.2, -0.15) is 5.10 Å². The van der Waals surface area contributed by atoms with Gasteiger partial charge in [-0.1, -0.05) is 0 Å². The number of hydrogen-bond acceptors (Lipinski definition) is 3. The molecule has 1 saturated heterocycles. The molecular formula is C16H23F2N4OS+. The van der Waals surface area contributed by atoms with Crippen molar-refractivity contribution in [1.29, 1.82) is 0 Å². The van der Waals surface area contributed by atoms with Gasteiger partial charge in [0.1, 0.15) is 13.1 Å². The number of hydrazone groups is 1. The highest BCUT2D eigenvalue weighted by atomic mass is 32.1. The zero-order valence-corrected chi connectivity index (χ0v) is 14.5. The van der Waals surface area contributed by atoms with Crippen LogP contribution in [0.4, 0.5) is 8.78 Å². The Bertz CT molecular complexity index is 591. The minimum absolute atomic E-state index is 0.411. The quantitative estimate of drug-likeness (QED) is 0.300. The molecule has 0 aliphatic carbocycles. The lowest BCUT2D eigenvalue weighted by Gasteiger charge is -2.23. The van der Waals surface area contributed by atoms with Gasteiger partial charge in [-0.15, -0.1) is 0 Å². The van der Waals surface area contributed by atoms with Crippen LogP contribution >= 0.6 is 12.2 Å². The van der Waals surface area contributed by atoms with Crippen molar-refractivity contribution in [2.45, 2.75) is 13.3 Å². The van der Waals surface area contributed by atoms with Gasteiger partial charge in [0.05, 0.1) is 25.5 Å². The number of halogens is 2. The molecule has 1 aromatic rings. The topological polar surface area (TPSA) is 50.1 Å². The van der Waals surface area contributed by atoms with E-state index in [0.29, 0.717) is 16.4 Å². The van der Waals surface area contributed by atoms with Crippen molar-refractivity contribution in [3.63, 3.8) is 0 Å². The van der Waals surface area contributed by atoms with Crippen LogP contribution in [0, 0.1) is 11.6 Å². The zero-order chi connectivity index (χ0) is 17.4.